The van der Waals surface area contributed by atoms with Crippen molar-refractivity contribution in [1.29, 1.82) is 0 Å². The number of hydrogen-bond acceptors (Lipinski definition) is 3. The minimum absolute atomic E-state index is 0.0269. The maximum atomic E-state index is 11.5. The number of halogens is 2. The molecule has 0 aromatic carbocycles. The van der Waals surface area contributed by atoms with Gasteiger partial charge in [0.25, 0.3) is 5.56 Å². The van der Waals surface area contributed by atoms with Gasteiger partial charge in [-0.3, -0.25) is 14.2 Å². The van der Waals surface area contributed by atoms with Gasteiger partial charge in [-0.15, -0.1) is 0 Å². The van der Waals surface area contributed by atoms with E-state index in [2.05, 4.69) is 10.3 Å². The molecule has 16 heavy (non-hydrogen) atoms. The number of amides is 1. The van der Waals surface area contributed by atoms with E-state index >= 15 is 0 Å². The minimum Gasteiger partial charge on any atom is -0.356 e. The zero-order chi connectivity index (χ0) is 12.1. The highest BCUT2D eigenvalue weighted by Crippen LogP contribution is 2.12. The Kier molecular flexibility index (Phi) is 4.76. The molecule has 7 heteroatoms. The van der Waals surface area contributed by atoms with Crippen LogP contribution >= 0.6 is 23.2 Å². The summed E-state index contributed by atoms with van der Waals surface area (Å²) in [6.07, 6.45) is 1.48. The topological polar surface area (TPSA) is 64.0 Å². The summed E-state index contributed by atoms with van der Waals surface area (Å²) in [7, 11) is 0. The lowest BCUT2D eigenvalue weighted by molar-refractivity contribution is -0.121. The predicted octanol–water partition coefficient (Wildman–Crippen LogP) is 1.08. The molecule has 0 atom stereocenters. The van der Waals surface area contributed by atoms with Crippen LogP contribution in [0.15, 0.2) is 11.1 Å². The summed E-state index contributed by atoms with van der Waals surface area (Å²) in [5.41, 5.74) is -0.439. The highest BCUT2D eigenvalue weighted by molar-refractivity contribution is 6.40. The van der Waals surface area contributed by atoms with E-state index in [1.165, 1.54) is 10.9 Å². The molecule has 0 unspecified atom stereocenters. The van der Waals surface area contributed by atoms with Crippen LogP contribution in [0.3, 0.4) is 0 Å². The Bertz CT molecular complexity index is 445. The van der Waals surface area contributed by atoms with Crippen LogP contribution in [0.25, 0.3) is 0 Å². The van der Waals surface area contributed by atoms with Crippen molar-refractivity contribution in [3.05, 3.63) is 26.9 Å². The Morgan fingerprint density at radius 1 is 1.56 bits per heavy atom. The average molecular weight is 264 g/mol. The Morgan fingerprint density at radius 3 is 2.88 bits per heavy atom. The van der Waals surface area contributed by atoms with E-state index in [1.54, 1.807) is 0 Å². The molecule has 0 aliphatic heterocycles. The first-order valence-corrected chi connectivity index (χ1v) is 5.49. The first-order chi connectivity index (χ1) is 7.56. The second-order valence-corrected chi connectivity index (χ2v) is 3.79. The van der Waals surface area contributed by atoms with Crippen molar-refractivity contribution in [2.45, 2.75) is 19.9 Å². The van der Waals surface area contributed by atoms with Gasteiger partial charge >= 0.3 is 0 Å². The lowest BCUT2D eigenvalue weighted by atomic mass is 10.4. The summed E-state index contributed by atoms with van der Waals surface area (Å²) in [5.74, 6) is -0.125. The van der Waals surface area contributed by atoms with Crippen LogP contribution in [0.2, 0.25) is 10.2 Å². The Labute approximate surface area is 102 Å². The number of nitrogens with zero attached hydrogens (tertiary/aromatic N) is 2. The van der Waals surface area contributed by atoms with Gasteiger partial charge in [0.05, 0.1) is 6.33 Å². The molecule has 1 aromatic rings. The summed E-state index contributed by atoms with van der Waals surface area (Å²) in [6.45, 7) is 2.62. The molecular weight excluding hydrogens is 253 g/mol. The summed E-state index contributed by atoms with van der Waals surface area (Å²) in [6, 6.07) is 0. The smallest absolute Gasteiger partial charge is 0.273 e. The van der Waals surface area contributed by atoms with Crippen LogP contribution in [0.5, 0.6) is 0 Å². The van der Waals surface area contributed by atoms with E-state index in [0.717, 1.165) is 0 Å². The minimum atomic E-state index is -0.439. The van der Waals surface area contributed by atoms with Crippen molar-refractivity contribution in [3.8, 4) is 0 Å². The number of carbonyl (C=O) groups excluding carboxylic acids is 1. The zero-order valence-corrected chi connectivity index (χ0v) is 10.2. The number of aromatic nitrogens is 2. The van der Waals surface area contributed by atoms with Crippen molar-refractivity contribution < 1.29 is 4.79 Å². The first kappa shape index (κ1) is 13.0. The van der Waals surface area contributed by atoms with Gasteiger partial charge in [-0.1, -0.05) is 23.2 Å². The SMILES string of the molecule is CCNC(=O)CCn1cnc(Cl)c(Cl)c1=O. The quantitative estimate of drug-likeness (QED) is 0.827. The Balaban J connectivity index is 2.72. The molecular formula is C9H11Cl2N3O2. The number of rotatable bonds is 4. The molecule has 0 bridgehead atoms. The molecule has 0 saturated heterocycles. The van der Waals surface area contributed by atoms with Crippen LogP contribution in [-0.2, 0) is 11.3 Å². The highest BCUT2D eigenvalue weighted by Gasteiger charge is 2.08. The van der Waals surface area contributed by atoms with Crippen molar-refractivity contribution in [1.82, 2.24) is 14.9 Å². The number of aryl methyl sites for hydroxylation is 1. The van der Waals surface area contributed by atoms with Crippen molar-refractivity contribution in [3.63, 3.8) is 0 Å². The summed E-state index contributed by atoms with van der Waals surface area (Å²) in [5, 5.41) is 2.48. The van der Waals surface area contributed by atoms with Crippen LogP contribution in [0.1, 0.15) is 13.3 Å². The van der Waals surface area contributed by atoms with Crippen LogP contribution in [0, 0.1) is 0 Å². The third-order valence-corrected chi connectivity index (χ3v) is 2.62. The maximum Gasteiger partial charge on any atom is 0.273 e. The molecule has 88 valence electrons. The zero-order valence-electron chi connectivity index (χ0n) is 8.67. The Morgan fingerprint density at radius 2 is 2.25 bits per heavy atom. The van der Waals surface area contributed by atoms with Gasteiger partial charge in [0.2, 0.25) is 5.91 Å². The summed E-state index contributed by atoms with van der Waals surface area (Å²) >= 11 is 11.2. The molecule has 0 aliphatic rings. The van der Waals surface area contributed by atoms with Crippen LogP contribution < -0.4 is 10.9 Å². The second-order valence-electron chi connectivity index (χ2n) is 3.05. The molecule has 0 fully saturated rings. The van der Waals surface area contributed by atoms with Crippen LogP contribution in [-0.4, -0.2) is 22.0 Å². The number of nitrogens with one attached hydrogen (secondary N) is 1. The van der Waals surface area contributed by atoms with Crippen LogP contribution in [0.4, 0.5) is 0 Å². The molecule has 1 heterocycles. The van der Waals surface area contributed by atoms with E-state index in [4.69, 9.17) is 23.2 Å². The number of hydrogen-bond donors (Lipinski definition) is 1. The van der Waals surface area contributed by atoms with Gasteiger partial charge in [0.1, 0.15) is 5.02 Å². The number of carbonyl (C=O) groups is 1. The van der Waals surface area contributed by atoms with E-state index in [-0.39, 0.29) is 29.0 Å². The van der Waals surface area contributed by atoms with Gasteiger partial charge in [-0.2, -0.15) is 0 Å². The molecule has 1 N–H and O–H groups in total. The van der Waals surface area contributed by atoms with Gasteiger partial charge in [-0.25, -0.2) is 4.98 Å². The van der Waals surface area contributed by atoms with Crippen molar-refractivity contribution >= 4 is 29.1 Å². The van der Waals surface area contributed by atoms with E-state index < -0.39 is 5.56 Å². The van der Waals surface area contributed by atoms with Gasteiger partial charge < -0.3 is 5.32 Å². The van der Waals surface area contributed by atoms with E-state index in [9.17, 15) is 9.59 Å². The summed E-state index contributed by atoms with van der Waals surface area (Å²) < 4.78 is 1.25. The summed E-state index contributed by atoms with van der Waals surface area (Å²) in [4.78, 5) is 26.4. The van der Waals surface area contributed by atoms with E-state index in [1.807, 2.05) is 6.92 Å². The monoisotopic (exact) mass is 263 g/mol. The molecule has 1 amide bonds. The largest absolute Gasteiger partial charge is 0.356 e. The molecule has 5 nitrogen and oxygen atoms in total. The van der Waals surface area contributed by atoms with E-state index in [0.29, 0.717) is 6.54 Å². The fourth-order valence-corrected chi connectivity index (χ4v) is 1.39. The molecule has 0 aliphatic carbocycles. The molecule has 1 rings (SSSR count). The third-order valence-electron chi connectivity index (χ3n) is 1.89. The molecule has 0 saturated carbocycles. The third kappa shape index (κ3) is 3.21. The average Bonchev–Trinajstić information content (AvgIpc) is 2.25. The normalized spacial score (nSPS) is 10.2. The fourth-order valence-electron chi connectivity index (χ4n) is 1.11. The maximum absolute atomic E-state index is 11.5. The lowest BCUT2D eigenvalue weighted by Gasteiger charge is -2.05. The second kappa shape index (κ2) is 5.86. The van der Waals surface area contributed by atoms with Gasteiger partial charge in [0, 0.05) is 19.5 Å². The highest BCUT2D eigenvalue weighted by atomic mass is 35.5. The van der Waals surface area contributed by atoms with Gasteiger partial charge in [-0.05, 0) is 6.92 Å². The predicted molar refractivity (Wildman–Crippen MR) is 61.8 cm³/mol. The molecule has 0 spiro atoms. The lowest BCUT2D eigenvalue weighted by Crippen LogP contribution is -2.27. The van der Waals surface area contributed by atoms with Crippen molar-refractivity contribution in [2.24, 2.45) is 0 Å². The molecule has 0 radical (unpaired) electrons. The molecule has 1 aromatic heterocycles. The fraction of sp³-hybridized carbons (Fsp3) is 0.444. The first-order valence-electron chi connectivity index (χ1n) is 4.73. The van der Waals surface area contributed by atoms with Crippen molar-refractivity contribution in [2.75, 3.05) is 6.54 Å². The Hall–Kier alpha value is -1.07. The standard InChI is InChI=1S/C9H11Cl2N3O2/c1-2-12-6(15)3-4-14-5-13-8(11)7(10)9(14)16/h5H,2-4H2,1H3,(H,12,15). The van der Waals surface area contributed by atoms with Gasteiger partial charge in [0.15, 0.2) is 5.15 Å².